The van der Waals surface area contributed by atoms with Gasteiger partial charge in [0.25, 0.3) is 5.91 Å². The highest BCUT2D eigenvalue weighted by Gasteiger charge is 2.31. The SMILES string of the molecule is CCCCc1cn(C(C)(C)C)s/c1=N\C(=O)c1cc(OC(F)(F)F)ccc1OC. The molecule has 0 N–H and O–H groups in total. The number of hydrogen-bond acceptors (Lipinski definition) is 4. The topological polar surface area (TPSA) is 52.8 Å². The predicted molar refractivity (Wildman–Crippen MR) is 105 cm³/mol. The normalized spacial score (nSPS) is 12.9. The lowest BCUT2D eigenvalue weighted by Crippen LogP contribution is -2.18. The highest BCUT2D eigenvalue weighted by molar-refractivity contribution is 7.04. The Hall–Kier alpha value is -2.29. The lowest BCUT2D eigenvalue weighted by atomic mass is 10.1. The maximum absolute atomic E-state index is 12.8. The second kappa shape index (κ2) is 9.02. The number of ether oxygens (including phenoxy) is 2. The number of carbonyl (C=O) groups is 1. The van der Waals surface area contributed by atoms with Crippen LogP contribution >= 0.6 is 11.5 Å². The van der Waals surface area contributed by atoms with Crippen molar-refractivity contribution in [3.63, 3.8) is 0 Å². The molecule has 0 aliphatic rings. The fourth-order valence-electron chi connectivity index (χ4n) is 2.54. The molecule has 0 fully saturated rings. The van der Waals surface area contributed by atoms with Crippen LogP contribution in [0, 0.1) is 0 Å². The summed E-state index contributed by atoms with van der Waals surface area (Å²) in [6.07, 6.45) is -0.187. The number of methoxy groups -OCH3 is 1. The Morgan fingerprint density at radius 3 is 2.48 bits per heavy atom. The van der Waals surface area contributed by atoms with Gasteiger partial charge in [0.15, 0.2) is 0 Å². The summed E-state index contributed by atoms with van der Waals surface area (Å²) in [5, 5.41) is 0. The Morgan fingerprint density at radius 1 is 1.24 bits per heavy atom. The molecule has 1 heterocycles. The molecule has 0 radical (unpaired) electrons. The minimum Gasteiger partial charge on any atom is -0.496 e. The second-order valence-electron chi connectivity index (χ2n) is 7.48. The molecule has 0 saturated heterocycles. The number of amides is 1. The van der Waals surface area contributed by atoms with Gasteiger partial charge in [0.1, 0.15) is 16.2 Å². The fraction of sp³-hybridized carbons (Fsp3) is 0.500. The number of rotatable bonds is 6. The van der Waals surface area contributed by atoms with E-state index < -0.39 is 18.0 Å². The third-order valence-corrected chi connectivity index (χ3v) is 5.41. The molecular weight excluding hydrogens is 405 g/mol. The average molecular weight is 430 g/mol. The largest absolute Gasteiger partial charge is 0.573 e. The monoisotopic (exact) mass is 430 g/mol. The van der Waals surface area contributed by atoms with Crippen LogP contribution in [-0.2, 0) is 12.0 Å². The molecule has 0 aliphatic carbocycles. The third-order valence-electron chi connectivity index (χ3n) is 4.03. The Morgan fingerprint density at radius 2 is 1.93 bits per heavy atom. The van der Waals surface area contributed by atoms with Gasteiger partial charge >= 0.3 is 6.36 Å². The summed E-state index contributed by atoms with van der Waals surface area (Å²) in [5.41, 5.74) is 0.661. The van der Waals surface area contributed by atoms with Gasteiger partial charge in [-0.15, -0.1) is 13.2 Å². The summed E-state index contributed by atoms with van der Waals surface area (Å²) < 4.78 is 49.2. The van der Waals surface area contributed by atoms with Crippen molar-refractivity contribution in [1.29, 1.82) is 0 Å². The Bertz CT molecular complexity index is 924. The molecule has 1 aromatic carbocycles. The number of benzene rings is 1. The number of carbonyl (C=O) groups excluding carboxylic acids is 1. The van der Waals surface area contributed by atoms with E-state index in [9.17, 15) is 18.0 Å². The number of halogens is 3. The molecule has 0 aliphatic heterocycles. The van der Waals surface area contributed by atoms with Crippen LogP contribution in [0.25, 0.3) is 0 Å². The van der Waals surface area contributed by atoms with E-state index in [4.69, 9.17) is 4.74 Å². The van der Waals surface area contributed by atoms with Gasteiger partial charge < -0.3 is 9.47 Å². The molecule has 2 aromatic rings. The van der Waals surface area contributed by atoms with Crippen molar-refractivity contribution in [2.24, 2.45) is 4.99 Å². The van der Waals surface area contributed by atoms with E-state index in [1.54, 1.807) is 0 Å². The van der Waals surface area contributed by atoms with Gasteiger partial charge in [0.2, 0.25) is 0 Å². The van der Waals surface area contributed by atoms with E-state index in [1.165, 1.54) is 24.7 Å². The van der Waals surface area contributed by atoms with Crippen LogP contribution in [0.4, 0.5) is 13.2 Å². The molecule has 0 unspecified atom stereocenters. The molecule has 1 aromatic heterocycles. The van der Waals surface area contributed by atoms with E-state index in [0.717, 1.165) is 37.0 Å². The third kappa shape index (κ3) is 6.35. The van der Waals surface area contributed by atoms with Crippen molar-refractivity contribution < 1.29 is 27.4 Å². The van der Waals surface area contributed by atoms with Gasteiger partial charge in [0, 0.05) is 17.3 Å². The van der Waals surface area contributed by atoms with E-state index in [2.05, 4.69) is 16.7 Å². The first-order chi connectivity index (χ1) is 13.4. The standard InChI is InChI=1S/C20H25F3N2O3S/c1-6-7-8-13-12-25(19(2,3)4)29-18(13)24-17(26)15-11-14(28-20(21,22)23)9-10-16(15)27-5/h9-12H,6-8H2,1-5H3/b24-18-. The lowest BCUT2D eigenvalue weighted by Gasteiger charge is -2.19. The van der Waals surface area contributed by atoms with Crippen LogP contribution in [-0.4, -0.2) is 23.3 Å². The van der Waals surface area contributed by atoms with Gasteiger partial charge in [0.05, 0.1) is 12.7 Å². The fourth-order valence-corrected chi connectivity index (χ4v) is 3.58. The van der Waals surface area contributed by atoms with Crippen LogP contribution in [0.15, 0.2) is 29.4 Å². The van der Waals surface area contributed by atoms with E-state index in [1.807, 2.05) is 30.9 Å². The highest BCUT2D eigenvalue weighted by atomic mass is 32.1. The number of aromatic nitrogens is 1. The van der Waals surface area contributed by atoms with Gasteiger partial charge in [-0.1, -0.05) is 13.3 Å². The second-order valence-corrected chi connectivity index (χ2v) is 8.44. The number of unbranched alkanes of at least 4 members (excludes halogenated alkanes) is 1. The Kier molecular flexibility index (Phi) is 7.15. The van der Waals surface area contributed by atoms with E-state index in [0.29, 0.717) is 4.67 Å². The predicted octanol–water partition coefficient (Wildman–Crippen LogP) is 5.30. The Labute approximate surface area is 171 Å². The van der Waals surface area contributed by atoms with Crippen LogP contribution in [0.2, 0.25) is 0 Å². The maximum Gasteiger partial charge on any atom is 0.573 e. The number of nitrogens with zero attached hydrogens (tertiary/aromatic N) is 2. The molecule has 29 heavy (non-hydrogen) atoms. The lowest BCUT2D eigenvalue weighted by molar-refractivity contribution is -0.274. The number of hydrogen-bond donors (Lipinski definition) is 0. The number of alkyl halides is 3. The van der Waals surface area contributed by atoms with Crippen molar-refractivity contribution in [2.75, 3.05) is 7.11 Å². The first-order valence-corrected chi connectivity index (χ1v) is 9.97. The summed E-state index contributed by atoms with van der Waals surface area (Å²) in [6, 6.07) is 3.34. The zero-order chi connectivity index (χ0) is 21.8. The van der Waals surface area contributed by atoms with Crippen molar-refractivity contribution in [2.45, 2.75) is 58.9 Å². The van der Waals surface area contributed by atoms with Gasteiger partial charge in [-0.2, -0.15) is 4.99 Å². The zero-order valence-electron chi connectivity index (χ0n) is 17.1. The minimum atomic E-state index is -4.86. The summed E-state index contributed by atoms with van der Waals surface area (Å²) in [6.45, 7) is 8.20. The van der Waals surface area contributed by atoms with Crippen molar-refractivity contribution in [1.82, 2.24) is 3.96 Å². The molecular formula is C20H25F3N2O3S. The summed E-state index contributed by atoms with van der Waals surface area (Å²) in [4.78, 5) is 17.0. The molecule has 0 saturated carbocycles. The van der Waals surface area contributed by atoms with Crippen LogP contribution in [0.3, 0.4) is 0 Å². The van der Waals surface area contributed by atoms with E-state index in [-0.39, 0.29) is 16.9 Å². The quantitative estimate of drug-likeness (QED) is 0.625. The molecule has 5 nitrogen and oxygen atoms in total. The van der Waals surface area contributed by atoms with Crippen LogP contribution in [0.5, 0.6) is 11.5 Å². The Balaban J connectivity index is 2.50. The average Bonchev–Trinajstić information content (AvgIpc) is 3.01. The van der Waals surface area contributed by atoms with Crippen molar-refractivity contribution >= 4 is 17.4 Å². The highest BCUT2D eigenvalue weighted by Crippen LogP contribution is 2.29. The van der Waals surface area contributed by atoms with Gasteiger partial charge in [-0.3, -0.25) is 8.75 Å². The summed E-state index contributed by atoms with van der Waals surface area (Å²) in [7, 11) is 1.34. The molecule has 2 rings (SSSR count). The summed E-state index contributed by atoms with van der Waals surface area (Å²) >= 11 is 1.34. The van der Waals surface area contributed by atoms with Gasteiger partial charge in [-0.25, -0.2) is 0 Å². The molecule has 1 amide bonds. The van der Waals surface area contributed by atoms with Crippen molar-refractivity contribution in [3.05, 3.63) is 40.2 Å². The van der Waals surface area contributed by atoms with E-state index >= 15 is 0 Å². The zero-order valence-corrected chi connectivity index (χ0v) is 17.9. The smallest absolute Gasteiger partial charge is 0.496 e. The molecule has 0 spiro atoms. The van der Waals surface area contributed by atoms with Crippen LogP contribution in [0.1, 0.15) is 56.5 Å². The van der Waals surface area contributed by atoms with Gasteiger partial charge in [-0.05, 0) is 63.3 Å². The first kappa shape index (κ1) is 23.0. The molecule has 0 atom stereocenters. The summed E-state index contributed by atoms with van der Waals surface area (Å²) in [5.74, 6) is -1.06. The molecule has 160 valence electrons. The molecule has 9 heteroatoms. The van der Waals surface area contributed by atoms with Crippen molar-refractivity contribution in [3.8, 4) is 11.5 Å². The minimum absolute atomic E-state index is 0.0913. The van der Waals surface area contributed by atoms with Crippen LogP contribution < -0.4 is 14.1 Å². The maximum atomic E-state index is 12.8. The molecule has 0 bridgehead atoms. The first-order valence-electron chi connectivity index (χ1n) is 9.19. The number of aryl methyl sites for hydroxylation is 1.